The van der Waals surface area contributed by atoms with Crippen molar-refractivity contribution in [3.05, 3.63) is 58.9 Å². The number of carboxylic acids is 1. The summed E-state index contributed by atoms with van der Waals surface area (Å²) >= 11 is 2.99. The van der Waals surface area contributed by atoms with Gasteiger partial charge in [0.2, 0.25) is 0 Å². The highest BCUT2D eigenvalue weighted by Gasteiger charge is 2.14. The monoisotopic (exact) mass is 509 g/mol. The molecule has 8 nitrogen and oxygen atoms in total. The number of nitrogen functional groups attached to an aromatic ring is 1. The van der Waals surface area contributed by atoms with Crippen molar-refractivity contribution in [2.45, 2.75) is 45.1 Å². The Bertz CT molecular complexity index is 1280. The Morgan fingerprint density at radius 2 is 1.86 bits per heavy atom. The molecule has 0 spiro atoms. The van der Waals surface area contributed by atoms with Crippen LogP contribution in [0.5, 0.6) is 0 Å². The Kier molecular flexibility index (Phi) is 8.27. The van der Waals surface area contributed by atoms with Crippen LogP contribution in [0.1, 0.15) is 48.2 Å². The number of nitrogens with zero attached hydrogens (tertiary/aromatic N) is 3. The van der Waals surface area contributed by atoms with Gasteiger partial charge in [-0.2, -0.15) is 0 Å². The van der Waals surface area contributed by atoms with E-state index in [4.69, 9.17) is 10.8 Å². The number of rotatable bonds is 12. The molecule has 182 valence electrons. The lowest BCUT2D eigenvalue weighted by Gasteiger charge is -2.09. The van der Waals surface area contributed by atoms with Crippen LogP contribution in [0.25, 0.3) is 21.0 Å². The second-order valence-corrected chi connectivity index (χ2v) is 10.2. The first-order valence-corrected chi connectivity index (χ1v) is 13.2. The SMILES string of the molecule is Nc1ccc(-c2cccs2)cc1NC(=O)c1ccc(-c2cn(CCCCCCCC(=O)O)nn2)s1. The average molecular weight is 510 g/mol. The van der Waals surface area contributed by atoms with Crippen molar-refractivity contribution < 1.29 is 14.7 Å². The molecular weight excluding hydrogens is 482 g/mol. The van der Waals surface area contributed by atoms with Gasteiger partial charge >= 0.3 is 5.97 Å². The molecule has 0 atom stereocenters. The molecule has 0 saturated carbocycles. The molecule has 35 heavy (non-hydrogen) atoms. The minimum Gasteiger partial charge on any atom is -0.481 e. The Morgan fingerprint density at radius 3 is 2.66 bits per heavy atom. The number of carbonyl (C=O) groups excluding carboxylic acids is 1. The van der Waals surface area contributed by atoms with Crippen LogP contribution in [-0.4, -0.2) is 32.0 Å². The third-order valence-electron chi connectivity index (χ3n) is 5.51. The van der Waals surface area contributed by atoms with Gasteiger partial charge in [0, 0.05) is 17.8 Å². The average Bonchev–Trinajstić information content (AvgIpc) is 3.61. The lowest BCUT2D eigenvalue weighted by Crippen LogP contribution is -2.11. The number of carboxylic acid groups (broad SMARTS) is 1. The van der Waals surface area contributed by atoms with Crippen molar-refractivity contribution in [1.29, 1.82) is 0 Å². The van der Waals surface area contributed by atoms with Crippen molar-refractivity contribution in [1.82, 2.24) is 15.0 Å². The Balaban J connectivity index is 1.31. The molecule has 4 N–H and O–H groups in total. The molecule has 0 aliphatic rings. The summed E-state index contributed by atoms with van der Waals surface area (Å²) in [5, 5.41) is 22.1. The summed E-state index contributed by atoms with van der Waals surface area (Å²) in [5.41, 5.74) is 8.94. The van der Waals surface area contributed by atoms with Crippen LogP contribution in [0, 0.1) is 0 Å². The molecule has 4 rings (SSSR count). The number of hydrogen-bond acceptors (Lipinski definition) is 7. The second-order valence-electron chi connectivity index (χ2n) is 8.18. The van der Waals surface area contributed by atoms with E-state index in [1.807, 2.05) is 46.6 Å². The van der Waals surface area contributed by atoms with Crippen LogP contribution < -0.4 is 11.1 Å². The van der Waals surface area contributed by atoms with E-state index in [0.29, 0.717) is 16.3 Å². The molecule has 0 saturated heterocycles. The van der Waals surface area contributed by atoms with E-state index in [2.05, 4.69) is 15.6 Å². The quantitative estimate of drug-likeness (QED) is 0.159. The first-order chi connectivity index (χ1) is 17.0. The lowest BCUT2D eigenvalue weighted by atomic mass is 10.1. The van der Waals surface area contributed by atoms with Gasteiger partial charge in [0.15, 0.2) is 0 Å². The third kappa shape index (κ3) is 6.77. The van der Waals surface area contributed by atoms with Crippen LogP contribution >= 0.6 is 22.7 Å². The van der Waals surface area contributed by atoms with E-state index < -0.39 is 5.97 Å². The van der Waals surface area contributed by atoms with Crippen molar-refractivity contribution in [2.24, 2.45) is 0 Å². The zero-order valence-electron chi connectivity index (χ0n) is 19.1. The molecule has 0 bridgehead atoms. The highest BCUT2D eigenvalue weighted by atomic mass is 32.1. The molecule has 3 heterocycles. The van der Waals surface area contributed by atoms with Crippen molar-refractivity contribution in [3.63, 3.8) is 0 Å². The van der Waals surface area contributed by atoms with Gasteiger partial charge in [-0.25, -0.2) is 0 Å². The third-order valence-corrected chi connectivity index (χ3v) is 7.53. The van der Waals surface area contributed by atoms with Crippen LogP contribution in [0.15, 0.2) is 54.0 Å². The van der Waals surface area contributed by atoms with Gasteiger partial charge in [0.05, 0.1) is 27.3 Å². The second kappa shape index (κ2) is 11.8. The molecule has 0 aliphatic carbocycles. The van der Waals surface area contributed by atoms with Crippen LogP contribution in [0.3, 0.4) is 0 Å². The maximum Gasteiger partial charge on any atom is 0.303 e. The number of nitrogens with one attached hydrogen (secondary N) is 1. The van der Waals surface area contributed by atoms with E-state index in [1.54, 1.807) is 23.5 Å². The van der Waals surface area contributed by atoms with Gasteiger partial charge in [-0.15, -0.1) is 27.8 Å². The first kappa shape index (κ1) is 24.6. The topological polar surface area (TPSA) is 123 Å². The minimum atomic E-state index is -0.734. The molecule has 4 aromatic rings. The Morgan fingerprint density at radius 1 is 1.03 bits per heavy atom. The van der Waals surface area contributed by atoms with E-state index in [9.17, 15) is 9.59 Å². The fourth-order valence-electron chi connectivity index (χ4n) is 3.64. The lowest BCUT2D eigenvalue weighted by molar-refractivity contribution is -0.137. The number of thiophene rings is 2. The fraction of sp³-hybridized carbons (Fsp3) is 0.280. The standard InChI is InChI=1S/C25H27N5O3S2/c26-18-10-9-17(21-7-6-14-34-21)15-19(18)27-25(33)23-12-11-22(35-23)20-16-30(29-28-20)13-5-3-1-2-4-8-24(31)32/h6-7,9-12,14-16H,1-5,8,13,26H2,(H,27,33)(H,31,32). The summed E-state index contributed by atoms with van der Waals surface area (Å²) in [7, 11) is 0. The molecule has 0 aliphatic heterocycles. The van der Waals surface area contributed by atoms with Crippen LogP contribution in [-0.2, 0) is 11.3 Å². The number of amides is 1. The summed E-state index contributed by atoms with van der Waals surface area (Å²) < 4.78 is 1.81. The molecular formula is C25H27N5O3S2. The molecule has 10 heteroatoms. The van der Waals surface area contributed by atoms with Gasteiger partial charge < -0.3 is 16.2 Å². The van der Waals surface area contributed by atoms with Gasteiger partial charge in [0.1, 0.15) is 5.69 Å². The Labute approximate surface area is 211 Å². The van der Waals surface area contributed by atoms with E-state index in [-0.39, 0.29) is 12.3 Å². The zero-order chi connectivity index (χ0) is 24.6. The fourth-order valence-corrected chi connectivity index (χ4v) is 5.22. The van der Waals surface area contributed by atoms with E-state index in [1.165, 1.54) is 11.3 Å². The number of nitrogens with two attached hydrogens (primary N) is 1. The predicted molar refractivity (Wildman–Crippen MR) is 141 cm³/mol. The number of benzene rings is 1. The maximum absolute atomic E-state index is 12.9. The van der Waals surface area contributed by atoms with Crippen LogP contribution in [0.2, 0.25) is 0 Å². The van der Waals surface area contributed by atoms with Gasteiger partial charge in [-0.1, -0.05) is 36.6 Å². The summed E-state index contributed by atoms with van der Waals surface area (Å²) in [6.45, 7) is 0.754. The van der Waals surface area contributed by atoms with E-state index >= 15 is 0 Å². The number of carbonyl (C=O) groups is 2. The zero-order valence-corrected chi connectivity index (χ0v) is 20.8. The molecule has 1 amide bonds. The number of aromatic nitrogens is 3. The van der Waals surface area contributed by atoms with Crippen molar-refractivity contribution in [3.8, 4) is 21.0 Å². The summed E-state index contributed by atoms with van der Waals surface area (Å²) in [5.74, 6) is -0.951. The molecule has 1 aromatic carbocycles. The highest BCUT2D eigenvalue weighted by molar-refractivity contribution is 7.17. The van der Waals surface area contributed by atoms with Crippen molar-refractivity contribution in [2.75, 3.05) is 11.1 Å². The first-order valence-electron chi connectivity index (χ1n) is 11.5. The summed E-state index contributed by atoms with van der Waals surface area (Å²) in [6.07, 6.45) is 6.78. The number of unbranched alkanes of at least 4 members (excludes halogenated alkanes) is 4. The van der Waals surface area contributed by atoms with Gasteiger partial charge in [-0.3, -0.25) is 14.3 Å². The minimum absolute atomic E-state index is 0.216. The normalized spacial score (nSPS) is 11.0. The smallest absolute Gasteiger partial charge is 0.303 e. The number of hydrogen-bond donors (Lipinski definition) is 3. The largest absolute Gasteiger partial charge is 0.481 e. The number of aryl methyl sites for hydroxylation is 1. The van der Waals surface area contributed by atoms with Crippen LogP contribution in [0.4, 0.5) is 11.4 Å². The molecule has 0 unspecified atom stereocenters. The summed E-state index contributed by atoms with van der Waals surface area (Å²) in [6, 6.07) is 13.3. The van der Waals surface area contributed by atoms with Gasteiger partial charge in [0.25, 0.3) is 5.91 Å². The Hall–Kier alpha value is -3.50. The number of anilines is 2. The molecule has 3 aromatic heterocycles. The maximum atomic E-state index is 12.9. The van der Waals surface area contributed by atoms with Crippen molar-refractivity contribution >= 4 is 45.9 Å². The van der Waals surface area contributed by atoms with E-state index in [0.717, 1.165) is 59.7 Å². The molecule has 0 fully saturated rings. The predicted octanol–water partition coefficient (Wildman–Crippen LogP) is 5.99. The number of aliphatic carboxylic acids is 1. The summed E-state index contributed by atoms with van der Waals surface area (Å²) in [4.78, 5) is 26.0. The van der Waals surface area contributed by atoms with Gasteiger partial charge in [-0.05, 0) is 54.1 Å². The molecule has 0 radical (unpaired) electrons. The highest BCUT2D eigenvalue weighted by Crippen LogP contribution is 2.31.